The second-order valence-corrected chi connectivity index (χ2v) is 8.80. The molecule has 2 heterocycles. The molecular formula is C29H22ClNO5. The topological polar surface area (TPSA) is 80.0 Å². The van der Waals surface area contributed by atoms with E-state index in [4.69, 9.17) is 20.8 Å². The summed E-state index contributed by atoms with van der Waals surface area (Å²) in [5.74, 6) is -0.711. The molecule has 1 aliphatic heterocycles. The van der Waals surface area contributed by atoms with Gasteiger partial charge in [-0.05, 0) is 47.5 Å². The summed E-state index contributed by atoms with van der Waals surface area (Å²) >= 11 is 6.12. The minimum absolute atomic E-state index is 0.0194. The monoisotopic (exact) mass is 499 g/mol. The largest absolute Gasteiger partial charge is 0.507 e. The third-order valence-electron chi connectivity index (χ3n) is 5.97. The minimum Gasteiger partial charge on any atom is -0.507 e. The highest BCUT2D eigenvalue weighted by Gasteiger charge is 2.46. The van der Waals surface area contributed by atoms with Crippen molar-refractivity contribution in [2.75, 3.05) is 0 Å². The molecule has 5 rings (SSSR count). The summed E-state index contributed by atoms with van der Waals surface area (Å²) in [5, 5.41) is 11.6. The van der Waals surface area contributed by atoms with Crippen molar-refractivity contribution < 1.29 is 23.8 Å². The Balaban J connectivity index is 1.56. The molecule has 1 saturated heterocycles. The lowest BCUT2D eigenvalue weighted by molar-refractivity contribution is -0.140. The molecule has 7 heteroatoms. The fraction of sp³-hybridized carbons (Fsp3) is 0.103. The number of furan rings is 1. The molecular weight excluding hydrogens is 478 g/mol. The van der Waals surface area contributed by atoms with Crippen LogP contribution in [0.1, 0.15) is 28.5 Å². The molecule has 180 valence electrons. The molecule has 36 heavy (non-hydrogen) atoms. The summed E-state index contributed by atoms with van der Waals surface area (Å²) < 4.78 is 11.4. The number of aliphatic hydroxyl groups excluding tert-OH is 1. The zero-order valence-corrected chi connectivity index (χ0v) is 19.9. The van der Waals surface area contributed by atoms with Gasteiger partial charge in [-0.15, -0.1) is 0 Å². The maximum Gasteiger partial charge on any atom is 0.296 e. The molecule has 1 aromatic heterocycles. The molecule has 1 unspecified atom stereocenters. The van der Waals surface area contributed by atoms with Gasteiger partial charge in [-0.3, -0.25) is 9.59 Å². The van der Waals surface area contributed by atoms with E-state index >= 15 is 0 Å². The number of likely N-dealkylation sites (tertiary alicyclic amines) is 1. The van der Waals surface area contributed by atoms with Crippen molar-refractivity contribution in [3.05, 3.63) is 130 Å². The van der Waals surface area contributed by atoms with Gasteiger partial charge in [0.15, 0.2) is 0 Å². The van der Waals surface area contributed by atoms with Crippen LogP contribution in [0, 0.1) is 0 Å². The number of nitrogens with zero attached hydrogens (tertiary/aromatic N) is 1. The van der Waals surface area contributed by atoms with Crippen LogP contribution in [0.5, 0.6) is 5.75 Å². The molecule has 1 aliphatic rings. The van der Waals surface area contributed by atoms with E-state index in [1.165, 1.54) is 11.2 Å². The Labute approximate surface area is 213 Å². The molecule has 4 aromatic rings. The second-order valence-electron chi connectivity index (χ2n) is 8.36. The first-order valence-electron chi connectivity index (χ1n) is 11.3. The number of hydrogen-bond donors (Lipinski definition) is 1. The number of ether oxygens (including phenoxy) is 1. The van der Waals surface area contributed by atoms with Gasteiger partial charge in [0, 0.05) is 10.6 Å². The Morgan fingerprint density at radius 3 is 2.50 bits per heavy atom. The van der Waals surface area contributed by atoms with Crippen LogP contribution in [0.2, 0.25) is 5.02 Å². The molecule has 3 aromatic carbocycles. The van der Waals surface area contributed by atoms with Crippen LogP contribution in [0.4, 0.5) is 0 Å². The van der Waals surface area contributed by atoms with Gasteiger partial charge in [0.2, 0.25) is 0 Å². The average molecular weight is 500 g/mol. The SMILES string of the molecule is O=C1C(=O)N(Cc2ccco2)C(c2cccc(OCc3ccccc3)c2)/C1=C(/O)c1cccc(Cl)c1. The first-order valence-corrected chi connectivity index (χ1v) is 11.7. The van der Waals surface area contributed by atoms with Crippen LogP contribution in [-0.2, 0) is 22.7 Å². The molecule has 0 spiro atoms. The number of rotatable bonds is 7. The van der Waals surface area contributed by atoms with Gasteiger partial charge in [-0.25, -0.2) is 0 Å². The Kier molecular flexibility index (Phi) is 6.60. The van der Waals surface area contributed by atoms with Gasteiger partial charge >= 0.3 is 0 Å². The van der Waals surface area contributed by atoms with E-state index in [1.807, 2.05) is 36.4 Å². The van der Waals surface area contributed by atoms with Crippen molar-refractivity contribution in [2.45, 2.75) is 19.2 Å². The fourth-order valence-corrected chi connectivity index (χ4v) is 4.46. The van der Waals surface area contributed by atoms with E-state index in [0.717, 1.165) is 5.56 Å². The molecule has 1 N–H and O–H groups in total. The highest BCUT2D eigenvalue weighted by molar-refractivity contribution is 6.46. The Morgan fingerprint density at radius 2 is 1.75 bits per heavy atom. The predicted octanol–water partition coefficient (Wildman–Crippen LogP) is 6.13. The number of ketones is 1. The number of Topliss-reactive ketones (excluding diaryl/α,β-unsaturated/α-hetero) is 1. The molecule has 0 aliphatic carbocycles. The van der Waals surface area contributed by atoms with Crippen LogP contribution in [0.25, 0.3) is 5.76 Å². The van der Waals surface area contributed by atoms with Crippen molar-refractivity contribution in [1.82, 2.24) is 4.90 Å². The molecule has 0 radical (unpaired) electrons. The molecule has 6 nitrogen and oxygen atoms in total. The first kappa shape index (κ1) is 23.5. The number of carbonyl (C=O) groups is 2. The predicted molar refractivity (Wildman–Crippen MR) is 135 cm³/mol. The van der Waals surface area contributed by atoms with E-state index in [-0.39, 0.29) is 17.9 Å². The number of amides is 1. The quantitative estimate of drug-likeness (QED) is 0.188. The summed E-state index contributed by atoms with van der Waals surface area (Å²) in [6.45, 7) is 0.420. The Hall–Kier alpha value is -4.29. The van der Waals surface area contributed by atoms with E-state index in [9.17, 15) is 14.7 Å². The first-order chi connectivity index (χ1) is 17.5. The van der Waals surface area contributed by atoms with Crippen molar-refractivity contribution in [2.24, 2.45) is 0 Å². The van der Waals surface area contributed by atoms with Gasteiger partial charge in [0.25, 0.3) is 11.7 Å². The van der Waals surface area contributed by atoms with E-state index in [2.05, 4.69) is 0 Å². The Morgan fingerprint density at radius 1 is 0.944 bits per heavy atom. The highest BCUT2D eigenvalue weighted by atomic mass is 35.5. The number of halogens is 1. The standard InChI is InChI=1S/C29H22ClNO5/c30-22-11-4-10-21(15-22)27(32)25-26(31(29(34)28(25)33)17-24-13-6-14-35-24)20-9-5-12-23(16-20)36-18-19-7-2-1-3-8-19/h1-16,26,32H,17-18H2/b27-25-. The maximum absolute atomic E-state index is 13.2. The van der Waals surface area contributed by atoms with Crippen molar-refractivity contribution in [3.63, 3.8) is 0 Å². The maximum atomic E-state index is 13.2. The number of benzene rings is 3. The highest BCUT2D eigenvalue weighted by Crippen LogP contribution is 2.41. The Bertz CT molecular complexity index is 1430. The summed E-state index contributed by atoms with van der Waals surface area (Å²) in [5.41, 5.74) is 1.96. The minimum atomic E-state index is -0.852. The lowest BCUT2D eigenvalue weighted by atomic mass is 9.95. The zero-order chi connectivity index (χ0) is 25.1. The molecule has 0 bridgehead atoms. The molecule has 1 fully saturated rings. The second kappa shape index (κ2) is 10.1. The zero-order valence-electron chi connectivity index (χ0n) is 19.1. The number of hydrogen-bond acceptors (Lipinski definition) is 5. The average Bonchev–Trinajstić information content (AvgIpc) is 3.50. The van der Waals surface area contributed by atoms with Crippen molar-refractivity contribution >= 4 is 29.1 Å². The third-order valence-corrected chi connectivity index (χ3v) is 6.20. The fourth-order valence-electron chi connectivity index (χ4n) is 4.27. The summed E-state index contributed by atoms with van der Waals surface area (Å²) in [6, 6.07) is 26.0. The summed E-state index contributed by atoms with van der Waals surface area (Å²) in [6.07, 6.45) is 1.50. The van der Waals surface area contributed by atoms with E-state index in [0.29, 0.717) is 34.3 Å². The van der Waals surface area contributed by atoms with Crippen molar-refractivity contribution in [3.8, 4) is 5.75 Å². The lowest BCUT2D eigenvalue weighted by Crippen LogP contribution is -2.29. The van der Waals surface area contributed by atoms with Gasteiger partial charge in [-0.2, -0.15) is 0 Å². The number of aliphatic hydroxyl groups is 1. The summed E-state index contributed by atoms with van der Waals surface area (Å²) in [4.78, 5) is 27.8. The van der Waals surface area contributed by atoms with E-state index in [1.54, 1.807) is 54.6 Å². The van der Waals surface area contributed by atoms with Crippen LogP contribution < -0.4 is 4.74 Å². The van der Waals surface area contributed by atoms with Gasteiger partial charge in [0.05, 0.1) is 24.4 Å². The van der Waals surface area contributed by atoms with E-state index < -0.39 is 17.7 Å². The molecule has 0 saturated carbocycles. The third kappa shape index (κ3) is 4.76. The van der Waals surface area contributed by atoms with Crippen LogP contribution >= 0.6 is 11.6 Å². The van der Waals surface area contributed by atoms with Gasteiger partial charge in [0.1, 0.15) is 23.9 Å². The van der Waals surface area contributed by atoms with Gasteiger partial charge in [-0.1, -0.05) is 66.2 Å². The van der Waals surface area contributed by atoms with Crippen LogP contribution in [0.3, 0.4) is 0 Å². The smallest absolute Gasteiger partial charge is 0.296 e. The summed E-state index contributed by atoms with van der Waals surface area (Å²) in [7, 11) is 0. The normalized spacial score (nSPS) is 16.9. The molecule has 1 amide bonds. The lowest BCUT2D eigenvalue weighted by Gasteiger charge is -2.25. The van der Waals surface area contributed by atoms with Crippen molar-refractivity contribution in [1.29, 1.82) is 0 Å². The van der Waals surface area contributed by atoms with Crippen LogP contribution in [0.15, 0.2) is 107 Å². The van der Waals surface area contributed by atoms with Crippen LogP contribution in [-0.4, -0.2) is 21.7 Å². The molecule has 1 atom stereocenters. The van der Waals surface area contributed by atoms with Gasteiger partial charge < -0.3 is 19.2 Å². The number of carbonyl (C=O) groups excluding carboxylic acids is 2.